The lowest BCUT2D eigenvalue weighted by Crippen LogP contribution is -2.45. The SMILES string of the molecule is CN1CCN(c2cc(N3CC(C)(C)[C@@](C)(O)C3)nc(N)n2)CC1. The minimum atomic E-state index is -0.749. The molecular weight excluding hydrogens is 292 g/mol. The van der Waals surface area contributed by atoms with Crippen molar-refractivity contribution in [3.8, 4) is 0 Å². The van der Waals surface area contributed by atoms with E-state index in [1.54, 1.807) is 0 Å². The molecule has 7 heteroatoms. The highest BCUT2D eigenvalue weighted by molar-refractivity contribution is 5.55. The lowest BCUT2D eigenvalue weighted by atomic mass is 9.79. The van der Waals surface area contributed by atoms with Gasteiger partial charge in [-0.3, -0.25) is 0 Å². The maximum Gasteiger partial charge on any atom is 0.223 e. The third kappa shape index (κ3) is 3.07. The maximum atomic E-state index is 10.6. The molecule has 0 aromatic carbocycles. The van der Waals surface area contributed by atoms with Gasteiger partial charge in [-0.05, 0) is 14.0 Å². The Balaban J connectivity index is 1.84. The Labute approximate surface area is 138 Å². The molecule has 2 saturated heterocycles. The number of nitrogens with two attached hydrogens (primary N) is 1. The number of likely N-dealkylation sites (N-methyl/N-ethyl adjacent to an activating group) is 1. The van der Waals surface area contributed by atoms with Crippen LogP contribution in [0.5, 0.6) is 0 Å². The van der Waals surface area contributed by atoms with Gasteiger partial charge in [-0.25, -0.2) is 0 Å². The number of piperazine rings is 1. The predicted octanol–water partition coefficient (Wildman–Crippen LogP) is 0.408. The van der Waals surface area contributed by atoms with E-state index in [1.807, 2.05) is 13.0 Å². The predicted molar refractivity (Wildman–Crippen MR) is 92.8 cm³/mol. The van der Waals surface area contributed by atoms with Gasteiger partial charge in [-0.1, -0.05) is 13.8 Å². The summed E-state index contributed by atoms with van der Waals surface area (Å²) in [6, 6.07) is 2.00. The molecule has 0 radical (unpaired) electrons. The third-order valence-corrected chi connectivity index (χ3v) is 5.41. The number of nitrogen functional groups attached to an aromatic ring is 1. The van der Waals surface area contributed by atoms with Crippen LogP contribution in [0.1, 0.15) is 20.8 Å². The molecule has 1 atom stereocenters. The fourth-order valence-corrected chi connectivity index (χ4v) is 3.25. The average Bonchev–Trinajstić information content (AvgIpc) is 2.67. The van der Waals surface area contributed by atoms with E-state index in [0.29, 0.717) is 12.5 Å². The summed E-state index contributed by atoms with van der Waals surface area (Å²) in [4.78, 5) is 15.5. The first kappa shape index (κ1) is 16.3. The second-order valence-electron chi connectivity index (χ2n) is 7.75. The topological polar surface area (TPSA) is 81.8 Å². The maximum absolute atomic E-state index is 10.6. The molecule has 3 N–H and O–H groups in total. The number of hydrogen-bond donors (Lipinski definition) is 2. The first-order chi connectivity index (χ1) is 10.7. The van der Waals surface area contributed by atoms with Crippen LogP contribution in [-0.4, -0.2) is 71.9 Å². The molecule has 0 aliphatic carbocycles. The van der Waals surface area contributed by atoms with Crippen molar-refractivity contribution in [1.29, 1.82) is 0 Å². The number of aromatic nitrogens is 2. The van der Waals surface area contributed by atoms with Gasteiger partial charge in [0.25, 0.3) is 0 Å². The summed E-state index contributed by atoms with van der Waals surface area (Å²) in [5.74, 6) is 1.98. The zero-order valence-corrected chi connectivity index (χ0v) is 14.6. The summed E-state index contributed by atoms with van der Waals surface area (Å²) in [6.07, 6.45) is 0. The van der Waals surface area contributed by atoms with Gasteiger partial charge < -0.3 is 25.5 Å². The Morgan fingerprint density at radius 3 is 2.09 bits per heavy atom. The lowest BCUT2D eigenvalue weighted by Gasteiger charge is -2.33. The molecule has 7 nitrogen and oxygen atoms in total. The van der Waals surface area contributed by atoms with E-state index in [2.05, 4.69) is 45.6 Å². The van der Waals surface area contributed by atoms with E-state index in [1.165, 1.54) is 0 Å². The van der Waals surface area contributed by atoms with E-state index in [0.717, 1.165) is 44.4 Å². The van der Waals surface area contributed by atoms with Crippen LogP contribution >= 0.6 is 0 Å². The first-order valence-electron chi connectivity index (χ1n) is 8.23. The first-order valence-corrected chi connectivity index (χ1v) is 8.23. The van der Waals surface area contributed by atoms with Gasteiger partial charge in [-0.15, -0.1) is 0 Å². The molecule has 0 unspecified atom stereocenters. The van der Waals surface area contributed by atoms with Crippen LogP contribution in [0.3, 0.4) is 0 Å². The highest BCUT2D eigenvalue weighted by Crippen LogP contribution is 2.40. The second-order valence-corrected chi connectivity index (χ2v) is 7.75. The van der Waals surface area contributed by atoms with Gasteiger partial charge in [-0.2, -0.15) is 9.97 Å². The molecule has 128 valence electrons. The van der Waals surface area contributed by atoms with Crippen molar-refractivity contribution in [2.45, 2.75) is 26.4 Å². The van der Waals surface area contributed by atoms with E-state index < -0.39 is 5.60 Å². The van der Waals surface area contributed by atoms with Crippen molar-refractivity contribution >= 4 is 17.6 Å². The largest absolute Gasteiger partial charge is 0.388 e. The summed E-state index contributed by atoms with van der Waals surface area (Å²) in [6.45, 7) is 11.3. The van der Waals surface area contributed by atoms with Crippen LogP contribution < -0.4 is 15.5 Å². The van der Waals surface area contributed by atoms with Crippen LogP contribution in [-0.2, 0) is 0 Å². The molecule has 1 aromatic heterocycles. The fraction of sp³-hybridized carbons (Fsp3) is 0.750. The van der Waals surface area contributed by atoms with Crippen molar-refractivity contribution in [2.75, 3.05) is 61.8 Å². The smallest absolute Gasteiger partial charge is 0.223 e. The molecule has 0 amide bonds. The van der Waals surface area contributed by atoms with E-state index in [9.17, 15) is 5.11 Å². The van der Waals surface area contributed by atoms with Gasteiger partial charge in [0.05, 0.1) is 5.60 Å². The van der Waals surface area contributed by atoms with Crippen molar-refractivity contribution in [1.82, 2.24) is 14.9 Å². The summed E-state index contributed by atoms with van der Waals surface area (Å²) in [5, 5.41) is 10.6. The van der Waals surface area contributed by atoms with Crippen molar-refractivity contribution in [2.24, 2.45) is 5.41 Å². The molecule has 0 bridgehead atoms. The zero-order valence-electron chi connectivity index (χ0n) is 14.6. The Morgan fingerprint density at radius 2 is 1.57 bits per heavy atom. The molecule has 2 fully saturated rings. The van der Waals surface area contributed by atoms with Gasteiger partial charge in [0, 0.05) is 50.7 Å². The molecule has 3 rings (SSSR count). The number of nitrogens with zero attached hydrogens (tertiary/aromatic N) is 5. The number of β-amino-alcohol motifs (C(OH)–C–C–N with tert-alkyl or cyclic N) is 1. The average molecular weight is 320 g/mol. The van der Waals surface area contributed by atoms with Gasteiger partial charge >= 0.3 is 0 Å². The van der Waals surface area contributed by atoms with Crippen molar-refractivity contribution in [3.63, 3.8) is 0 Å². The van der Waals surface area contributed by atoms with Gasteiger partial charge in [0.15, 0.2) is 0 Å². The summed E-state index contributed by atoms with van der Waals surface area (Å²) in [7, 11) is 2.13. The van der Waals surface area contributed by atoms with Crippen LogP contribution in [0.2, 0.25) is 0 Å². The van der Waals surface area contributed by atoms with Crippen LogP contribution in [0.4, 0.5) is 17.6 Å². The minimum Gasteiger partial charge on any atom is -0.388 e. The molecule has 1 aromatic rings. The normalized spacial score (nSPS) is 28.4. The van der Waals surface area contributed by atoms with Crippen LogP contribution in [0, 0.1) is 5.41 Å². The molecule has 2 aliphatic heterocycles. The van der Waals surface area contributed by atoms with Crippen LogP contribution in [0.25, 0.3) is 0 Å². The van der Waals surface area contributed by atoms with E-state index in [4.69, 9.17) is 5.73 Å². The minimum absolute atomic E-state index is 0.194. The number of rotatable bonds is 2. The number of anilines is 3. The third-order valence-electron chi connectivity index (χ3n) is 5.41. The summed E-state index contributed by atoms with van der Waals surface area (Å²) >= 11 is 0. The Morgan fingerprint density at radius 1 is 1.00 bits per heavy atom. The number of aliphatic hydroxyl groups is 1. The monoisotopic (exact) mass is 320 g/mol. The zero-order chi connectivity index (χ0) is 16.8. The molecular formula is C16H28N6O. The lowest BCUT2D eigenvalue weighted by molar-refractivity contribution is -0.00891. The molecule has 0 spiro atoms. The van der Waals surface area contributed by atoms with Crippen LogP contribution in [0.15, 0.2) is 6.07 Å². The summed E-state index contributed by atoms with van der Waals surface area (Å²) in [5.41, 5.74) is 5.00. The van der Waals surface area contributed by atoms with Gasteiger partial charge in [0.2, 0.25) is 5.95 Å². The fourth-order valence-electron chi connectivity index (χ4n) is 3.25. The molecule has 0 saturated carbocycles. The second kappa shape index (κ2) is 5.49. The standard InChI is InChI=1S/C16H28N6O/c1-15(2)10-22(11-16(15,3)23)13-9-12(18-14(17)19-13)21-7-5-20(4)6-8-21/h9,23H,5-8,10-11H2,1-4H3,(H2,17,18,19)/t16-/m0/s1. The number of hydrogen-bond acceptors (Lipinski definition) is 7. The quantitative estimate of drug-likeness (QED) is 0.816. The Hall–Kier alpha value is -1.60. The molecule has 23 heavy (non-hydrogen) atoms. The summed E-state index contributed by atoms with van der Waals surface area (Å²) < 4.78 is 0. The highest BCUT2D eigenvalue weighted by Gasteiger charge is 2.48. The molecule has 3 heterocycles. The van der Waals surface area contributed by atoms with Crippen molar-refractivity contribution < 1.29 is 5.11 Å². The van der Waals surface area contributed by atoms with E-state index >= 15 is 0 Å². The van der Waals surface area contributed by atoms with E-state index in [-0.39, 0.29) is 5.41 Å². The van der Waals surface area contributed by atoms with Gasteiger partial charge in [0.1, 0.15) is 11.6 Å². The highest BCUT2D eigenvalue weighted by atomic mass is 16.3. The van der Waals surface area contributed by atoms with Crippen molar-refractivity contribution in [3.05, 3.63) is 6.07 Å². The molecule has 2 aliphatic rings. The Bertz CT molecular complexity index is 564. The Kier molecular flexibility index (Phi) is 3.88.